The Morgan fingerprint density at radius 2 is 2.08 bits per heavy atom. The lowest BCUT2D eigenvalue weighted by Gasteiger charge is -2.24. The van der Waals surface area contributed by atoms with Crippen molar-refractivity contribution in [3.05, 3.63) is 0 Å². The SMILES string of the molecule is CCOC(=O)[C@@H]1CC[C@H](NC(=O)N2C[C@@H]3CCC[C@@]3(C(=O)O)C2)C1. The third kappa shape index (κ3) is 2.96. The van der Waals surface area contributed by atoms with Gasteiger partial charge >= 0.3 is 18.0 Å². The number of carbonyl (C=O) groups is 3. The Kier molecular flexibility index (Phi) is 4.69. The van der Waals surface area contributed by atoms with Crippen molar-refractivity contribution in [1.29, 1.82) is 0 Å². The van der Waals surface area contributed by atoms with E-state index in [9.17, 15) is 19.5 Å². The molecule has 7 nitrogen and oxygen atoms in total. The summed E-state index contributed by atoms with van der Waals surface area (Å²) in [5.74, 6) is -1.03. The predicted molar refractivity (Wildman–Crippen MR) is 85.3 cm³/mol. The number of aliphatic carboxylic acids is 1. The molecule has 2 N–H and O–H groups in total. The van der Waals surface area contributed by atoms with Gasteiger partial charge < -0.3 is 20.1 Å². The van der Waals surface area contributed by atoms with Crippen molar-refractivity contribution in [2.75, 3.05) is 19.7 Å². The zero-order valence-electron chi connectivity index (χ0n) is 14.1. The number of hydrogen-bond acceptors (Lipinski definition) is 4. The number of esters is 1. The summed E-state index contributed by atoms with van der Waals surface area (Å²) >= 11 is 0. The molecule has 2 saturated carbocycles. The maximum Gasteiger partial charge on any atom is 0.317 e. The first-order valence-corrected chi connectivity index (χ1v) is 8.91. The molecule has 0 unspecified atom stereocenters. The molecule has 0 radical (unpaired) electrons. The largest absolute Gasteiger partial charge is 0.481 e. The lowest BCUT2D eigenvalue weighted by atomic mass is 9.81. The Morgan fingerprint density at radius 3 is 2.75 bits per heavy atom. The van der Waals surface area contributed by atoms with Crippen LogP contribution in [0.2, 0.25) is 0 Å². The highest BCUT2D eigenvalue weighted by Gasteiger charge is 2.56. The summed E-state index contributed by atoms with van der Waals surface area (Å²) in [6.45, 7) is 2.98. The second-order valence-electron chi connectivity index (χ2n) is 7.34. The molecular formula is C17H26N2O5. The summed E-state index contributed by atoms with van der Waals surface area (Å²) in [6, 6.07) is -0.229. The van der Waals surface area contributed by atoms with Crippen LogP contribution in [0.25, 0.3) is 0 Å². The monoisotopic (exact) mass is 338 g/mol. The predicted octanol–water partition coefficient (Wildman–Crippen LogP) is 1.61. The number of carboxylic acid groups (broad SMARTS) is 1. The molecule has 0 bridgehead atoms. The molecule has 3 aliphatic rings. The minimum Gasteiger partial charge on any atom is -0.481 e. The smallest absolute Gasteiger partial charge is 0.317 e. The van der Waals surface area contributed by atoms with Crippen molar-refractivity contribution in [3.8, 4) is 0 Å². The Morgan fingerprint density at radius 1 is 1.29 bits per heavy atom. The molecule has 24 heavy (non-hydrogen) atoms. The number of nitrogens with zero attached hydrogens (tertiary/aromatic N) is 1. The van der Waals surface area contributed by atoms with Crippen molar-refractivity contribution in [2.24, 2.45) is 17.3 Å². The first-order valence-electron chi connectivity index (χ1n) is 8.91. The molecular weight excluding hydrogens is 312 g/mol. The van der Waals surface area contributed by atoms with Gasteiger partial charge in [-0.2, -0.15) is 0 Å². The number of amides is 2. The zero-order chi connectivity index (χ0) is 17.3. The number of rotatable bonds is 4. The van der Waals surface area contributed by atoms with Crippen LogP contribution in [0.15, 0.2) is 0 Å². The van der Waals surface area contributed by atoms with Gasteiger partial charge in [-0.15, -0.1) is 0 Å². The van der Waals surface area contributed by atoms with E-state index in [-0.39, 0.29) is 29.9 Å². The molecule has 0 aromatic rings. The van der Waals surface area contributed by atoms with E-state index in [1.165, 1.54) is 0 Å². The van der Waals surface area contributed by atoms with Crippen LogP contribution in [0.3, 0.4) is 0 Å². The van der Waals surface area contributed by atoms with Crippen LogP contribution in [-0.2, 0) is 14.3 Å². The number of likely N-dealkylation sites (tertiary alicyclic amines) is 1. The van der Waals surface area contributed by atoms with Crippen molar-refractivity contribution in [3.63, 3.8) is 0 Å². The van der Waals surface area contributed by atoms with Crippen LogP contribution in [-0.4, -0.2) is 53.7 Å². The third-order valence-corrected chi connectivity index (χ3v) is 5.96. The van der Waals surface area contributed by atoms with Gasteiger partial charge in [0.2, 0.25) is 0 Å². The molecule has 0 aromatic heterocycles. The van der Waals surface area contributed by atoms with E-state index in [2.05, 4.69) is 5.32 Å². The van der Waals surface area contributed by atoms with E-state index in [4.69, 9.17) is 4.74 Å². The zero-order valence-corrected chi connectivity index (χ0v) is 14.1. The minimum absolute atomic E-state index is 0.0341. The van der Waals surface area contributed by atoms with Gasteiger partial charge in [0.25, 0.3) is 0 Å². The molecule has 3 fully saturated rings. The van der Waals surface area contributed by atoms with Gasteiger partial charge in [0.1, 0.15) is 0 Å². The highest BCUT2D eigenvalue weighted by atomic mass is 16.5. The first-order chi connectivity index (χ1) is 11.5. The molecule has 4 atom stereocenters. The summed E-state index contributed by atoms with van der Waals surface area (Å²) in [5, 5.41) is 12.6. The van der Waals surface area contributed by atoms with Gasteiger partial charge in [-0.1, -0.05) is 6.42 Å². The van der Waals surface area contributed by atoms with E-state index in [0.29, 0.717) is 32.5 Å². The minimum atomic E-state index is -0.774. The molecule has 0 aromatic carbocycles. The van der Waals surface area contributed by atoms with E-state index in [1.807, 2.05) is 0 Å². The van der Waals surface area contributed by atoms with Crippen molar-refractivity contribution in [1.82, 2.24) is 10.2 Å². The molecule has 1 saturated heterocycles. The van der Waals surface area contributed by atoms with Gasteiger partial charge in [-0.3, -0.25) is 9.59 Å². The fourth-order valence-electron chi connectivity index (χ4n) is 4.65. The second kappa shape index (κ2) is 6.61. The van der Waals surface area contributed by atoms with Crippen LogP contribution < -0.4 is 5.32 Å². The van der Waals surface area contributed by atoms with Gasteiger partial charge in [-0.25, -0.2) is 4.79 Å². The number of nitrogens with one attached hydrogen (secondary N) is 1. The summed E-state index contributed by atoms with van der Waals surface area (Å²) in [4.78, 5) is 37.6. The van der Waals surface area contributed by atoms with Gasteiger partial charge in [-0.05, 0) is 44.9 Å². The topological polar surface area (TPSA) is 95.9 Å². The molecule has 2 aliphatic carbocycles. The molecule has 3 rings (SSSR count). The third-order valence-electron chi connectivity index (χ3n) is 5.96. The van der Waals surface area contributed by atoms with Crippen LogP contribution >= 0.6 is 0 Å². The summed E-state index contributed by atoms with van der Waals surface area (Å²) in [7, 11) is 0. The quantitative estimate of drug-likeness (QED) is 0.759. The maximum absolute atomic E-state index is 12.5. The normalized spacial score (nSPS) is 34.9. The second-order valence-corrected chi connectivity index (χ2v) is 7.34. The first kappa shape index (κ1) is 17.0. The number of fused-ring (bicyclic) bond motifs is 1. The molecule has 134 valence electrons. The van der Waals surface area contributed by atoms with E-state index >= 15 is 0 Å². The van der Waals surface area contributed by atoms with Crippen LogP contribution in [0.1, 0.15) is 45.4 Å². The molecule has 7 heteroatoms. The maximum atomic E-state index is 12.5. The average molecular weight is 338 g/mol. The van der Waals surface area contributed by atoms with Crippen LogP contribution in [0.5, 0.6) is 0 Å². The molecule has 1 aliphatic heterocycles. The number of ether oxygens (including phenoxy) is 1. The van der Waals surface area contributed by atoms with Crippen molar-refractivity contribution in [2.45, 2.75) is 51.5 Å². The van der Waals surface area contributed by atoms with E-state index in [0.717, 1.165) is 25.7 Å². The molecule has 1 heterocycles. The summed E-state index contributed by atoms with van der Waals surface area (Å²) in [5.41, 5.74) is -0.750. The lowest BCUT2D eigenvalue weighted by molar-refractivity contribution is -0.149. The molecule has 0 spiro atoms. The van der Waals surface area contributed by atoms with E-state index < -0.39 is 11.4 Å². The van der Waals surface area contributed by atoms with Gasteiger partial charge in [0.05, 0.1) is 17.9 Å². The Bertz CT molecular complexity index is 537. The van der Waals surface area contributed by atoms with E-state index in [1.54, 1.807) is 11.8 Å². The number of carboxylic acids is 1. The number of hydrogen-bond donors (Lipinski definition) is 2. The van der Waals surface area contributed by atoms with Gasteiger partial charge in [0.15, 0.2) is 0 Å². The number of carbonyl (C=O) groups excluding carboxylic acids is 2. The van der Waals surface area contributed by atoms with Crippen LogP contribution in [0.4, 0.5) is 4.79 Å². The standard InChI is InChI=1S/C17H26N2O5/c1-2-24-14(20)11-5-6-13(8-11)18-16(23)19-9-12-4-3-7-17(12,10-19)15(21)22/h11-13H,2-10H2,1H3,(H,18,23)(H,21,22)/t11-,12+,13+,17-/m1/s1. The van der Waals surface area contributed by atoms with Crippen LogP contribution in [0, 0.1) is 17.3 Å². The van der Waals surface area contributed by atoms with Gasteiger partial charge in [0, 0.05) is 19.1 Å². The highest BCUT2D eigenvalue weighted by molar-refractivity contribution is 5.81. The summed E-state index contributed by atoms with van der Waals surface area (Å²) in [6.07, 6.45) is 4.56. The Hall–Kier alpha value is -1.79. The fraction of sp³-hybridized carbons (Fsp3) is 0.824. The van der Waals surface area contributed by atoms with Crippen molar-refractivity contribution >= 4 is 18.0 Å². The highest BCUT2D eigenvalue weighted by Crippen LogP contribution is 2.48. The summed E-state index contributed by atoms with van der Waals surface area (Å²) < 4.78 is 5.04. The average Bonchev–Trinajstić information content (AvgIpc) is 3.20. The fourth-order valence-corrected chi connectivity index (χ4v) is 4.65. The van der Waals surface area contributed by atoms with Crippen molar-refractivity contribution < 1.29 is 24.2 Å². The number of urea groups is 1. The Balaban J connectivity index is 1.54. The Labute approximate surface area is 141 Å². The lowest BCUT2D eigenvalue weighted by Crippen LogP contribution is -2.45. The molecule has 2 amide bonds.